The number of anilines is 1. The lowest BCUT2D eigenvalue weighted by atomic mass is 10.1. The molecule has 1 N–H and O–H groups in total. The Morgan fingerprint density at radius 1 is 1.05 bits per heavy atom. The largest absolute Gasteiger partial charge is 0.465 e. The highest BCUT2D eigenvalue weighted by atomic mass is 16.5. The van der Waals surface area contributed by atoms with E-state index in [2.05, 4.69) is 5.32 Å². The van der Waals surface area contributed by atoms with Crippen LogP contribution in [0.4, 0.5) is 5.69 Å². The van der Waals surface area contributed by atoms with Gasteiger partial charge < -0.3 is 14.5 Å². The lowest BCUT2D eigenvalue weighted by Gasteiger charge is -2.07. The molecule has 0 fully saturated rings. The van der Waals surface area contributed by atoms with E-state index in [4.69, 9.17) is 9.15 Å². The highest BCUT2D eigenvalue weighted by Crippen LogP contribution is 2.21. The number of esters is 1. The Hall–Kier alpha value is -2.56. The van der Waals surface area contributed by atoms with Gasteiger partial charge in [0, 0.05) is 11.3 Å². The molecule has 2 aromatic rings. The van der Waals surface area contributed by atoms with Gasteiger partial charge in [-0.15, -0.1) is 0 Å². The van der Waals surface area contributed by atoms with Crippen LogP contribution < -0.4 is 5.32 Å². The van der Waals surface area contributed by atoms with E-state index in [0.29, 0.717) is 22.8 Å². The van der Waals surface area contributed by atoms with E-state index in [1.54, 1.807) is 32.9 Å². The van der Waals surface area contributed by atoms with E-state index in [1.807, 2.05) is 19.1 Å². The SMILES string of the molecule is Cc1ccc(NC(=O)COC(=O)c2c(C)oc(C)c2C)cc1. The number of hydrogen-bond acceptors (Lipinski definition) is 4. The van der Waals surface area contributed by atoms with Crippen molar-refractivity contribution in [3.63, 3.8) is 0 Å². The first-order valence-electron chi connectivity index (χ1n) is 6.98. The summed E-state index contributed by atoms with van der Waals surface area (Å²) < 4.78 is 10.4. The molecule has 22 heavy (non-hydrogen) atoms. The molecule has 1 aromatic carbocycles. The van der Waals surface area contributed by atoms with Gasteiger partial charge in [-0.2, -0.15) is 0 Å². The topological polar surface area (TPSA) is 68.5 Å². The first kappa shape index (κ1) is 15.8. The number of amides is 1. The molecule has 1 amide bonds. The van der Waals surface area contributed by atoms with Gasteiger partial charge in [-0.25, -0.2) is 4.79 Å². The minimum absolute atomic E-state index is 0.337. The monoisotopic (exact) mass is 301 g/mol. The van der Waals surface area contributed by atoms with Crippen molar-refractivity contribution in [3.05, 3.63) is 52.5 Å². The summed E-state index contributed by atoms with van der Waals surface area (Å²) in [4.78, 5) is 23.8. The van der Waals surface area contributed by atoms with Crippen LogP contribution in [0.1, 0.15) is 33.0 Å². The summed E-state index contributed by atoms with van der Waals surface area (Å²) in [5.74, 6) is 0.242. The van der Waals surface area contributed by atoms with Crippen molar-refractivity contribution in [2.24, 2.45) is 0 Å². The zero-order valence-corrected chi connectivity index (χ0v) is 13.1. The second kappa shape index (κ2) is 6.47. The van der Waals surface area contributed by atoms with Crippen molar-refractivity contribution in [1.82, 2.24) is 0 Å². The number of rotatable bonds is 4. The Bertz CT molecular complexity index is 698. The third-order valence-corrected chi connectivity index (χ3v) is 3.44. The van der Waals surface area contributed by atoms with Gasteiger partial charge in [-0.3, -0.25) is 4.79 Å². The molecule has 116 valence electrons. The van der Waals surface area contributed by atoms with Gasteiger partial charge in [0.15, 0.2) is 6.61 Å². The van der Waals surface area contributed by atoms with Crippen LogP contribution in [0.15, 0.2) is 28.7 Å². The van der Waals surface area contributed by atoms with Crippen molar-refractivity contribution in [1.29, 1.82) is 0 Å². The fourth-order valence-corrected chi connectivity index (χ4v) is 2.13. The summed E-state index contributed by atoms with van der Waals surface area (Å²) in [5, 5.41) is 2.67. The number of nitrogens with one attached hydrogen (secondary N) is 1. The zero-order chi connectivity index (χ0) is 16.3. The zero-order valence-electron chi connectivity index (χ0n) is 13.1. The Morgan fingerprint density at radius 2 is 1.68 bits per heavy atom. The standard InChI is InChI=1S/C17H19NO4/c1-10-5-7-14(8-6-10)18-15(19)9-21-17(20)16-11(2)12(3)22-13(16)4/h5-8H,9H2,1-4H3,(H,18,19). The summed E-state index contributed by atoms with van der Waals surface area (Å²) in [5.41, 5.74) is 2.89. The average molecular weight is 301 g/mol. The first-order valence-corrected chi connectivity index (χ1v) is 6.98. The molecular formula is C17H19NO4. The van der Waals surface area contributed by atoms with Gasteiger partial charge in [-0.05, 0) is 39.8 Å². The molecule has 0 bridgehead atoms. The van der Waals surface area contributed by atoms with E-state index in [9.17, 15) is 9.59 Å². The van der Waals surface area contributed by atoms with Crippen LogP contribution in [0.5, 0.6) is 0 Å². The van der Waals surface area contributed by atoms with Crippen LogP contribution in [0.3, 0.4) is 0 Å². The molecule has 5 heteroatoms. The molecule has 0 aliphatic rings. The van der Waals surface area contributed by atoms with E-state index < -0.39 is 5.97 Å². The molecule has 0 radical (unpaired) electrons. The fraction of sp³-hybridized carbons (Fsp3) is 0.294. The number of hydrogen-bond donors (Lipinski definition) is 1. The smallest absolute Gasteiger partial charge is 0.342 e. The molecule has 0 saturated heterocycles. The molecule has 1 aromatic heterocycles. The van der Waals surface area contributed by atoms with Gasteiger partial charge in [0.25, 0.3) is 5.91 Å². The van der Waals surface area contributed by atoms with E-state index in [-0.39, 0.29) is 12.5 Å². The normalized spacial score (nSPS) is 10.4. The van der Waals surface area contributed by atoms with Crippen molar-refractivity contribution in [2.45, 2.75) is 27.7 Å². The number of carbonyl (C=O) groups is 2. The van der Waals surface area contributed by atoms with Gasteiger partial charge >= 0.3 is 5.97 Å². The second-order valence-electron chi connectivity index (χ2n) is 5.20. The van der Waals surface area contributed by atoms with E-state index in [0.717, 1.165) is 11.1 Å². The lowest BCUT2D eigenvalue weighted by molar-refractivity contribution is -0.119. The average Bonchev–Trinajstić information content (AvgIpc) is 2.72. The Kier molecular flexibility index (Phi) is 4.65. The van der Waals surface area contributed by atoms with Crippen LogP contribution in [0.25, 0.3) is 0 Å². The van der Waals surface area contributed by atoms with Gasteiger partial charge in [0.1, 0.15) is 17.1 Å². The Balaban J connectivity index is 1.93. The van der Waals surface area contributed by atoms with Crippen LogP contribution in [0.2, 0.25) is 0 Å². The van der Waals surface area contributed by atoms with Crippen molar-refractivity contribution >= 4 is 17.6 Å². The summed E-state index contributed by atoms with van der Waals surface area (Å²) in [7, 11) is 0. The summed E-state index contributed by atoms with van der Waals surface area (Å²) in [6.45, 7) is 6.89. The molecule has 1 heterocycles. The highest BCUT2D eigenvalue weighted by Gasteiger charge is 2.20. The second-order valence-corrected chi connectivity index (χ2v) is 5.20. The number of benzene rings is 1. The number of ether oxygens (including phenoxy) is 1. The van der Waals surface area contributed by atoms with Crippen LogP contribution in [-0.2, 0) is 9.53 Å². The molecule has 5 nitrogen and oxygen atoms in total. The molecule has 0 unspecified atom stereocenters. The van der Waals surface area contributed by atoms with Gasteiger partial charge in [0.2, 0.25) is 0 Å². The number of furan rings is 1. The molecule has 0 aliphatic carbocycles. The van der Waals surface area contributed by atoms with Gasteiger partial charge in [0.05, 0.1) is 0 Å². The summed E-state index contributed by atoms with van der Waals surface area (Å²) in [6.07, 6.45) is 0. The third kappa shape index (κ3) is 3.55. The third-order valence-electron chi connectivity index (χ3n) is 3.44. The Labute approximate surface area is 129 Å². The van der Waals surface area contributed by atoms with Crippen molar-refractivity contribution in [3.8, 4) is 0 Å². The maximum atomic E-state index is 12.0. The maximum absolute atomic E-state index is 12.0. The predicted molar refractivity (Wildman–Crippen MR) is 83.0 cm³/mol. The number of carbonyl (C=O) groups excluding carboxylic acids is 2. The van der Waals surface area contributed by atoms with Crippen LogP contribution >= 0.6 is 0 Å². The minimum Gasteiger partial charge on any atom is -0.465 e. The van der Waals surface area contributed by atoms with Crippen molar-refractivity contribution < 1.29 is 18.7 Å². The summed E-state index contributed by atoms with van der Waals surface area (Å²) >= 11 is 0. The Morgan fingerprint density at radius 3 is 2.23 bits per heavy atom. The molecule has 2 rings (SSSR count). The molecule has 0 atom stereocenters. The summed E-state index contributed by atoms with van der Waals surface area (Å²) in [6, 6.07) is 7.37. The number of aryl methyl sites for hydroxylation is 3. The minimum atomic E-state index is -0.550. The van der Waals surface area contributed by atoms with Crippen LogP contribution in [-0.4, -0.2) is 18.5 Å². The van der Waals surface area contributed by atoms with E-state index >= 15 is 0 Å². The molecule has 0 aliphatic heterocycles. The molecule has 0 saturated carbocycles. The van der Waals surface area contributed by atoms with Crippen LogP contribution in [0, 0.1) is 27.7 Å². The maximum Gasteiger partial charge on any atom is 0.342 e. The first-order chi connectivity index (χ1) is 10.4. The van der Waals surface area contributed by atoms with Crippen molar-refractivity contribution in [2.75, 3.05) is 11.9 Å². The molecular weight excluding hydrogens is 282 g/mol. The fourth-order valence-electron chi connectivity index (χ4n) is 2.13. The molecule has 0 spiro atoms. The quantitative estimate of drug-likeness (QED) is 0.880. The predicted octanol–water partition coefficient (Wildman–Crippen LogP) is 3.31. The lowest BCUT2D eigenvalue weighted by Crippen LogP contribution is -2.21. The van der Waals surface area contributed by atoms with Gasteiger partial charge in [-0.1, -0.05) is 17.7 Å². The van der Waals surface area contributed by atoms with E-state index in [1.165, 1.54) is 0 Å². The highest BCUT2D eigenvalue weighted by molar-refractivity contribution is 5.96.